The van der Waals surface area contributed by atoms with Crippen LogP contribution in [-0.4, -0.2) is 65.2 Å². The molecule has 1 aromatic carbocycles. The second kappa shape index (κ2) is 8.05. The van der Waals surface area contributed by atoms with Crippen LogP contribution in [0.3, 0.4) is 0 Å². The Morgan fingerprint density at radius 2 is 2.17 bits per heavy atom. The molecule has 156 valence electrons. The molecule has 0 bridgehead atoms. The molecule has 2 aromatic rings. The summed E-state index contributed by atoms with van der Waals surface area (Å²) < 4.78 is 4.91. The number of benzene rings is 1. The predicted molar refractivity (Wildman–Crippen MR) is 109 cm³/mol. The van der Waals surface area contributed by atoms with Crippen LogP contribution < -0.4 is 5.73 Å². The fourth-order valence-corrected chi connectivity index (χ4v) is 5.47. The van der Waals surface area contributed by atoms with E-state index >= 15 is 0 Å². The van der Waals surface area contributed by atoms with E-state index in [2.05, 4.69) is 9.97 Å². The van der Waals surface area contributed by atoms with Crippen molar-refractivity contribution >= 4 is 35.6 Å². The molecule has 30 heavy (non-hydrogen) atoms. The highest BCUT2D eigenvalue weighted by Crippen LogP contribution is 2.42. The van der Waals surface area contributed by atoms with Gasteiger partial charge in [-0.15, -0.1) is 23.5 Å². The first-order valence-corrected chi connectivity index (χ1v) is 10.7. The molecule has 10 nitrogen and oxygen atoms in total. The van der Waals surface area contributed by atoms with Gasteiger partial charge in [0.25, 0.3) is 0 Å². The first-order chi connectivity index (χ1) is 14.4. The topological polar surface area (TPSA) is 159 Å². The van der Waals surface area contributed by atoms with Crippen LogP contribution in [0.25, 0.3) is 11.1 Å². The first kappa shape index (κ1) is 20.3. The highest BCUT2D eigenvalue weighted by molar-refractivity contribution is 8.01. The number of ether oxygens (including phenoxy) is 1. The molecule has 0 radical (unpaired) electrons. The van der Waals surface area contributed by atoms with Gasteiger partial charge < -0.3 is 25.8 Å². The Labute approximate surface area is 178 Å². The summed E-state index contributed by atoms with van der Waals surface area (Å²) in [4.78, 5) is 32.8. The number of β-lactam (4-membered cyclic amide) rings is 1. The maximum Gasteiger partial charge on any atom is 0.512 e. The number of rotatable bonds is 5. The Morgan fingerprint density at radius 3 is 2.90 bits per heavy atom. The van der Waals surface area contributed by atoms with Crippen molar-refractivity contribution in [3.8, 4) is 22.6 Å². The van der Waals surface area contributed by atoms with Crippen molar-refractivity contribution in [3.05, 3.63) is 42.2 Å². The average Bonchev–Trinajstić information content (AvgIpc) is 2.73. The van der Waals surface area contributed by atoms with E-state index in [0.717, 1.165) is 0 Å². The molecule has 0 spiro atoms. The van der Waals surface area contributed by atoms with E-state index in [1.807, 2.05) is 0 Å². The fourth-order valence-electron chi connectivity index (χ4n) is 3.08. The van der Waals surface area contributed by atoms with Gasteiger partial charge >= 0.3 is 6.16 Å². The first-order valence-electron chi connectivity index (χ1n) is 8.65. The van der Waals surface area contributed by atoms with Gasteiger partial charge in [0.2, 0.25) is 11.8 Å². The van der Waals surface area contributed by atoms with Crippen molar-refractivity contribution in [2.24, 2.45) is 5.73 Å². The number of phenolic OH excluding ortho intramolecular Hbond substituents is 2. The monoisotopic (exact) mass is 448 g/mol. The third-order valence-electron chi connectivity index (χ3n) is 4.56. The summed E-state index contributed by atoms with van der Waals surface area (Å²) in [6, 6.07) is 3.71. The molecule has 2 atom stereocenters. The van der Waals surface area contributed by atoms with E-state index in [9.17, 15) is 19.8 Å². The molecule has 1 fully saturated rings. The third-order valence-corrected chi connectivity index (χ3v) is 7.02. The van der Waals surface area contributed by atoms with Crippen molar-refractivity contribution in [1.82, 2.24) is 14.9 Å². The Kier molecular flexibility index (Phi) is 5.45. The molecule has 1 saturated heterocycles. The maximum absolute atomic E-state index is 12.1. The number of thioether (sulfide) groups is 2. The van der Waals surface area contributed by atoms with Gasteiger partial charge in [-0.2, -0.15) is 0 Å². The van der Waals surface area contributed by atoms with Crippen LogP contribution >= 0.6 is 23.5 Å². The predicted octanol–water partition coefficient (Wildman–Crippen LogP) is 1.80. The number of aromatic hydroxyl groups is 2. The molecular formula is C18H16N4O6S2. The SMILES string of the molecule is N[C@@H]1C(=O)N2C(OC(=O)O)=C(CSc3ncncc3-c3ccc(O)c(O)c3)CS[C@H]12. The van der Waals surface area contributed by atoms with Gasteiger partial charge in [0.05, 0.1) is 0 Å². The Balaban J connectivity index is 1.61. The molecule has 2 aliphatic heterocycles. The lowest BCUT2D eigenvalue weighted by Crippen LogP contribution is -2.68. The van der Waals surface area contributed by atoms with Crippen LogP contribution in [0.1, 0.15) is 0 Å². The lowest BCUT2D eigenvalue weighted by Gasteiger charge is -2.47. The van der Waals surface area contributed by atoms with Gasteiger partial charge in [-0.3, -0.25) is 9.69 Å². The molecule has 0 aliphatic carbocycles. The van der Waals surface area contributed by atoms with Crippen molar-refractivity contribution in [3.63, 3.8) is 0 Å². The summed E-state index contributed by atoms with van der Waals surface area (Å²) in [5.41, 5.74) is 7.65. The zero-order chi connectivity index (χ0) is 21.4. The number of fused-ring (bicyclic) bond motifs is 1. The third kappa shape index (κ3) is 3.64. The highest BCUT2D eigenvalue weighted by Gasteiger charge is 2.51. The van der Waals surface area contributed by atoms with Crippen molar-refractivity contribution in [1.29, 1.82) is 0 Å². The average molecular weight is 448 g/mol. The number of hydrogen-bond acceptors (Lipinski definition) is 10. The van der Waals surface area contributed by atoms with Crippen LogP contribution in [-0.2, 0) is 9.53 Å². The maximum atomic E-state index is 12.1. The number of carboxylic acid groups (broad SMARTS) is 1. The van der Waals surface area contributed by atoms with Gasteiger partial charge in [0.1, 0.15) is 22.8 Å². The lowest BCUT2D eigenvalue weighted by atomic mass is 10.1. The molecule has 1 aromatic heterocycles. The van der Waals surface area contributed by atoms with Gasteiger partial charge in [-0.05, 0) is 17.7 Å². The summed E-state index contributed by atoms with van der Waals surface area (Å²) >= 11 is 2.76. The van der Waals surface area contributed by atoms with Crippen LogP contribution in [0.2, 0.25) is 0 Å². The van der Waals surface area contributed by atoms with Gasteiger partial charge in [-0.1, -0.05) is 6.07 Å². The molecule has 1 amide bonds. The van der Waals surface area contributed by atoms with E-state index in [1.165, 1.54) is 46.9 Å². The van der Waals surface area contributed by atoms with Gasteiger partial charge in [-0.25, -0.2) is 14.8 Å². The number of aromatic nitrogens is 2. The zero-order valence-electron chi connectivity index (χ0n) is 15.3. The molecule has 4 rings (SSSR count). The van der Waals surface area contributed by atoms with E-state index in [4.69, 9.17) is 15.6 Å². The number of amides is 1. The summed E-state index contributed by atoms with van der Waals surface area (Å²) in [6.45, 7) is 0. The number of hydrogen-bond donors (Lipinski definition) is 4. The Hall–Kier alpha value is -2.96. The molecule has 0 saturated carbocycles. The summed E-state index contributed by atoms with van der Waals surface area (Å²) in [5.74, 6) is -0.115. The summed E-state index contributed by atoms with van der Waals surface area (Å²) in [7, 11) is 0. The standard InChI is InChI=1S/C18H16N4O6S2/c19-13-15(25)22-16(28-18(26)27)9(6-30-17(13)22)5-29-14-10(4-20-7-21-14)8-1-2-11(23)12(24)3-8/h1-4,7,13,17,23-24H,5-6,19H2,(H,26,27)/t13-,17-/m1/s1. The number of carbonyl (C=O) groups is 2. The summed E-state index contributed by atoms with van der Waals surface area (Å²) in [5, 5.41) is 28.6. The minimum atomic E-state index is -1.51. The van der Waals surface area contributed by atoms with Crippen molar-refractivity contribution < 1.29 is 29.6 Å². The van der Waals surface area contributed by atoms with Crippen LogP contribution in [0.15, 0.2) is 47.2 Å². The molecule has 5 N–H and O–H groups in total. The van der Waals surface area contributed by atoms with E-state index in [1.54, 1.807) is 12.3 Å². The lowest BCUT2D eigenvalue weighted by molar-refractivity contribution is -0.144. The normalized spacial score (nSPS) is 20.6. The zero-order valence-corrected chi connectivity index (χ0v) is 16.9. The minimum absolute atomic E-state index is 0.00309. The largest absolute Gasteiger partial charge is 0.512 e. The number of phenols is 2. The van der Waals surface area contributed by atoms with Crippen molar-refractivity contribution in [2.45, 2.75) is 16.4 Å². The van der Waals surface area contributed by atoms with Crippen LogP contribution in [0, 0.1) is 0 Å². The van der Waals surface area contributed by atoms with Crippen molar-refractivity contribution in [2.75, 3.05) is 11.5 Å². The van der Waals surface area contributed by atoms with E-state index < -0.39 is 12.2 Å². The number of nitrogens with two attached hydrogens (primary N) is 1. The second-order valence-electron chi connectivity index (χ2n) is 6.45. The van der Waals surface area contributed by atoms with Crippen LogP contribution in [0.5, 0.6) is 11.5 Å². The Morgan fingerprint density at radius 1 is 1.37 bits per heavy atom. The number of nitrogens with zero attached hydrogens (tertiary/aromatic N) is 3. The van der Waals surface area contributed by atoms with E-state index in [-0.39, 0.29) is 28.7 Å². The van der Waals surface area contributed by atoms with Gasteiger partial charge in [0, 0.05) is 28.8 Å². The summed E-state index contributed by atoms with van der Waals surface area (Å²) in [6.07, 6.45) is 1.45. The fraction of sp³-hybridized carbons (Fsp3) is 0.222. The highest BCUT2D eigenvalue weighted by atomic mass is 32.2. The quantitative estimate of drug-likeness (QED) is 0.174. The molecule has 3 heterocycles. The second-order valence-corrected chi connectivity index (χ2v) is 8.52. The molecule has 12 heteroatoms. The van der Waals surface area contributed by atoms with E-state index in [0.29, 0.717) is 33.2 Å². The minimum Gasteiger partial charge on any atom is -0.504 e. The molecular weight excluding hydrogens is 432 g/mol. The smallest absolute Gasteiger partial charge is 0.504 e. The molecule has 2 aliphatic rings. The number of carbonyl (C=O) groups excluding carboxylic acids is 1. The van der Waals surface area contributed by atoms with Gasteiger partial charge in [0.15, 0.2) is 11.5 Å². The van der Waals surface area contributed by atoms with Crippen LogP contribution in [0.4, 0.5) is 4.79 Å². The molecule has 0 unspecified atom stereocenters. The Bertz CT molecular complexity index is 1060.